The number of carbonyl (C=O) groups is 1. The number of para-hydroxylation sites is 1. The van der Waals surface area contributed by atoms with Crippen molar-refractivity contribution < 1.29 is 4.79 Å². The molecule has 1 heterocycles. The lowest BCUT2D eigenvalue weighted by atomic mass is 10.2. The van der Waals surface area contributed by atoms with Gasteiger partial charge in [-0.15, -0.1) is 0 Å². The molecule has 0 radical (unpaired) electrons. The number of benzene rings is 1. The topological polar surface area (TPSA) is 110 Å². The predicted octanol–water partition coefficient (Wildman–Crippen LogP) is 2.02. The van der Waals surface area contributed by atoms with E-state index >= 15 is 0 Å². The molecule has 0 saturated heterocycles. The monoisotopic (exact) mass is 281 g/mol. The molecule has 0 aliphatic rings. The molecule has 0 fully saturated rings. The van der Waals surface area contributed by atoms with Gasteiger partial charge in [-0.25, -0.2) is 0 Å². The van der Waals surface area contributed by atoms with E-state index in [0.29, 0.717) is 24.5 Å². The lowest BCUT2D eigenvalue weighted by Crippen LogP contribution is -2.33. The molecule has 0 spiro atoms. The van der Waals surface area contributed by atoms with Crippen LogP contribution in [0.1, 0.15) is 23.3 Å². The van der Waals surface area contributed by atoms with Gasteiger partial charge in [0.1, 0.15) is 5.69 Å². The largest absolute Gasteiger partial charge is 0.397 e. The summed E-state index contributed by atoms with van der Waals surface area (Å²) in [4.78, 5) is 17.0. The molecule has 0 aliphatic carbocycles. The first-order valence-electron chi connectivity index (χ1n) is 6.57. The summed E-state index contributed by atoms with van der Waals surface area (Å²) in [6.45, 7) is 0.615. The molecule has 6 heteroatoms. The van der Waals surface area contributed by atoms with Gasteiger partial charge in [0.2, 0.25) is 0 Å². The van der Waals surface area contributed by atoms with Gasteiger partial charge < -0.3 is 15.6 Å². The third-order valence-corrected chi connectivity index (χ3v) is 3.19. The molecule has 0 aliphatic heterocycles. The van der Waals surface area contributed by atoms with Gasteiger partial charge in [-0.1, -0.05) is 12.1 Å². The number of nitrogen functional groups attached to an aromatic ring is 1. The Labute approximate surface area is 122 Å². The zero-order valence-electron chi connectivity index (χ0n) is 11.5. The first-order valence-corrected chi connectivity index (χ1v) is 6.57. The van der Waals surface area contributed by atoms with Crippen LogP contribution in [-0.4, -0.2) is 28.9 Å². The Morgan fingerprint density at radius 1 is 1.24 bits per heavy atom. The summed E-state index contributed by atoms with van der Waals surface area (Å²) >= 11 is 0. The van der Waals surface area contributed by atoms with E-state index in [1.54, 1.807) is 12.1 Å². The van der Waals surface area contributed by atoms with Crippen molar-refractivity contribution in [1.82, 2.24) is 9.88 Å². The number of nitrogens with zero attached hydrogens (tertiary/aromatic N) is 3. The third kappa shape index (κ3) is 3.13. The van der Waals surface area contributed by atoms with Crippen molar-refractivity contribution in [2.45, 2.75) is 12.8 Å². The summed E-state index contributed by atoms with van der Waals surface area (Å²) in [5.41, 5.74) is 7.58. The number of anilines is 1. The number of fused-ring (bicyclic) bond motifs is 1. The van der Waals surface area contributed by atoms with Crippen LogP contribution in [-0.2, 0) is 0 Å². The van der Waals surface area contributed by atoms with Crippen LogP contribution in [0.4, 0.5) is 5.69 Å². The van der Waals surface area contributed by atoms with Gasteiger partial charge in [0.05, 0.1) is 36.2 Å². The molecule has 0 unspecified atom stereocenters. The molecule has 1 amide bonds. The average molecular weight is 281 g/mol. The van der Waals surface area contributed by atoms with Crippen molar-refractivity contribution in [2.75, 3.05) is 18.8 Å². The molecule has 0 saturated carbocycles. The van der Waals surface area contributed by atoms with E-state index in [2.05, 4.69) is 4.98 Å². The number of amides is 1. The second-order valence-corrected chi connectivity index (χ2v) is 4.60. The first kappa shape index (κ1) is 14.4. The van der Waals surface area contributed by atoms with Gasteiger partial charge in [-0.2, -0.15) is 10.5 Å². The number of aromatic nitrogens is 1. The molecule has 6 nitrogen and oxygen atoms in total. The van der Waals surface area contributed by atoms with Crippen molar-refractivity contribution in [2.24, 2.45) is 0 Å². The van der Waals surface area contributed by atoms with Crippen LogP contribution < -0.4 is 5.73 Å². The Balaban J connectivity index is 2.27. The van der Waals surface area contributed by atoms with Gasteiger partial charge in [-0.05, 0) is 12.1 Å². The van der Waals surface area contributed by atoms with Gasteiger partial charge in [0, 0.05) is 18.5 Å². The minimum atomic E-state index is -0.226. The standard InChI is InChI=1S/C15H15N5O/c16-6-2-8-20(9-3-7-17)15(21)13-10-11-4-1-5-12(18)14(11)19-13/h1,4-5,10,19H,2-3,8-9,18H2. The number of nitrogens with two attached hydrogens (primary N) is 1. The van der Waals surface area contributed by atoms with Crippen molar-refractivity contribution in [3.05, 3.63) is 30.0 Å². The molecule has 1 aromatic heterocycles. The van der Waals surface area contributed by atoms with Crippen LogP contribution in [0.3, 0.4) is 0 Å². The van der Waals surface area contributed by atoms with Gasteiger partial charge in [-0.3, -0.25) is 4.79 Å². The quantitative estimate of drug-likeness (QED) is 0.817. The summed E-state index contributed by atoms with van der Waals surface area (Å²) in [6.07, 6.45) is 0.471. The lowest BCUT2D eigenvalue weighted by Gasteiger charge is -2.19. The summed E-state index contributed by atoms with van der Waals surface area (Å²) in [5, 5.41) is 18.2. The highest BCUT2D eigenvalue weighted by Gasteiger charge is 2.17. The summed E-state index contributed by atoms with van der Waals surface area (Å²) in [6, 6.07) is 11.2. The molecule has 2 aromatic rings. The van der Waals surface area contributed by atoms with E-state index < -0.39 is 0 Å². The van der Waals surface area contributed by atoms with Crippen LogP contribution in [0, 0.1) is 22.7 Å². The fraction of sp³-hybridized carbons (Fsp3) is 0.267. The number of nitriles is 2. The predicted molar refractivity (Wildman–Crippen MR) is 79.1 cm³/mol. The van der Waals surface area contributed by atoms with E-state index in [9.17, 15) is 4.79 Å². The molecule has 2 rings (SSSR count). The second kappa shape index (κ2) is 6.44. The SMILES string of the molecule is N#CCCN(CCC#N)C(=O)c1cc2cccc(N)c2[nH]1. The summed E-state index contributed by atoms with van der Waals surface area (Å²) < 4.78 is 0. The molecule has 106 valence electrons. The fourth-order valence-corrected chi connectivity index (χ4v) is 2.15. The molecular formula is C15H15N5O. The van der Waals surface area contributed by atoms with Gasteiger partial charge in [0.25, 0.3) is 5.91 Å². The molecule has 21 heavy (non-hydrogen) atoms. The Bertz CT molecular complexity index is 717. The van der Waals surface area contributed by atoms with Crippen molar-refractivity contribution in [3.63, 3.8) is 0 Å². The van der Waals surface area contributed by atoms with Gasteiger partial charge in [0.15, 0.2) is 0 Å². The highest BCUT2D eigenvalue weighted by molar-refractivity contribution is 6.00. The number of hydrogen-bond acceptors (Lipinski definition) is 4. The number of aromatic amines is 1. The van der Waals surface area contributed by atoms with E-state index in [1.807, 2.05) is 24.3 Å². The van der Waals surface area contributed by atoms with Crippen LogP contribution >= 0.6 is 0 Å². The molecule has 0 atom stereocenters. The average Bonchev–Trinajstić information content (AvgIpc) is 2.92. The van der Waals surface area contributed by atoms with Crippen molar-refractivity contribution in [3.8, 4) is 12.1 Å². The van der Waals surface area contributed by atoms with Crippen molar-refractivity contribution in [1.29, 1.82) is 10.5 Å². The minimum Gasteiger partial charge on any atom is -0.397 e. The number of carbonyl (C=O) groups excluding carboxylic acids is 1. The maximum Gasteiger partial charge on any atom is 0.270 e. The van der Waals surface area contributed by atoms with Crippen LogP contribution in [0.15, 0.2) is 24.3 Å². The fourth-order valence-electron chi connectivity index (χ4n) is 2.15. The second-order valence-electron chi connectivity index (χ2n) is 4.60. The zero-order valence-corrected chi connectivity index (χ0v) is 11.5. The Morgan fingerprint density at radius 3 is 2.48 bits per heavy atom. The van der Waals surface area contributed by atoms with E-state index in [0.717, 1.165) is 10.9 Å². The maximum atomic E-state index is 12.5. The zero-order chi connectivity index (χ0) is 15.2. The van der Waals surface area contributed by atoms with Crippen LogP contribution in [0.5, 0.6) is 0 Å². The highest BCUT2D eigenvalue weighted by Crippen LogP contribution is 2.22. The molecule has 0 bridgehead atoms. The smallest absolute Gasteiger partial charge is 0.270 e. The van der Waals surface area contributed by atoms with Crippen molar-refractivity contribution >= 4 is 22.5 Å². The normalized spacial score (nSPS) is 10.0. The van der Waals surface area contributed by atoms with E-state index in [4.69, 9.17) is 16.3 Å². The molecule has 1 aromatic carbocycles. The number of H-pyrrole nitrogens is 1. The Hall–Kier alpha value is -2.99. The minimum absolute atomic E-state index is 0.226. The summed E-state index contributed by atoms with van der Waals surface area (Å²) in [7, 11) is 0. The van der Waals surface area contributed by atoms with E-state index in [1.165, 1.54) is 4.90 Å². The summed E-state index contributed by atoms with van der Waals surface area (Å²) in [5.74, 6) is -0.226. The van der Waals surface area contributed by atoms with Crippen LogP contribution in [0.2, 0.25) is 0 Å². The number of nitrogens with one attached hydrogen (secondary N) is 1. The lowest BCUT2D eigenvalue weighted by molar-refractivity contribution is 0.0757. The van der Waals surface area contributed by atoms with Gasteiger partial charge >= 0.3 is 0 Å². The maximum absolute atomic E-state index is 12.5. The highest BCUT2D eigenvalue weighted by atomic mass is 16.2. The number of hydrogen-bond donors (Lipinski definition) is 2. The van der Waals surface area contributed by atoms with Crippen LogP contribution in [0.25, 0.3) is 10.9 Å². The first-order chi connectivity index (χ1) is 10.2. The van der Waals surface area contributed by atoms with E-state index in [-0.39, 0.29) is 18.7 Å². The number of rotatable bonds is 5. The third-order valence-electron chi connectivity index (χ3n) is 3.19. The molecule has 3 N–H and O–H groups in total. The Morgan fingerprint density at radius 2 is 1.90 bits per heavy atom. The Kier molecular flexibility index (Phi) is 4.43. The molecular weight excluding hydrogens is 266 g/mol.